The van der Waals surface area contributed by atoms with E-state index in [1.54, 1.807) is 0 Å². The number of hydrogen-bond acceptors (Lipinski definition) is 15. The molecule has 0 fully saturated rings. The molecule has 0 saturated heterocycles. The van der Waals surface area contributed by atoms with Crippen molar-refractivity contribution in [3.8, 4) is 0 Å². The van der Waals surface area contributed by atoms with Crippen LogP contribution < -0.4 is 0 Å². The summed E-state index contributed by atoms with van der Waals surface area (Å²) in [6.45, 7) is 14.1. The summed E-state index contributed by atoms with van der Waals surface area (Å²) in [6, 6.07) is 0. The second-order valence-electron chi connectivity index (χ2n) is 26.7. The molecule has 17 nitrogen and oxygen atoms in total. The van der Waals surface area contributed by atoms with Crippen LogP contribution in [-0.4, -0.2) is 96.7 Å². The van der Waals surface area contributed by atoms with Gasteiger partial charge in [0.15, 0.2) is 12.2 Å². The van der Waals surface area contributed by atoms with Crippen LogP contribution in [0, 0.1) is 23.7 Å². The molecule has 3 N–H and O–H groups in total. The number of carbonyl (C=O) groups excluding carboxylic acids is 4. The zero-order valence-electron chi connectivity index (χ0n) is 58.1. The number of phosphoric acid groups is 2. The van der Waals surface area contributed by atoms with E-state index in [0.29, 0.717) is 31.6 Å². The minimum absolute atomic E-state index is 0.105. The second-order valence-corrected chi connectivity index (χ2v) is 29.6. The molecule has 0 aliphatic rings. The molecule has 89 heavy (non-hydrogen) atoms. The Kier molecular flexibility index (Phi) is 58.5. The molecular formula is C70H136O17P2. The normalized spacial score (nSPS) is 14.9. The minimum Gasteiger partial charge on any atom is -0.462 e. The van der Waals surface area contributed by atoms with Crippen molar-refractivity contribution in [2.75, 3.05) is 39.6 Å². The van der Waals surface area contributed by atoms with E-state index in [4.69, 9.17) is 37.0 Å². The largest absolute Gasteiger partial charge is 0.472 e. The molecule has 0 spiro atoms. The Labute approximate surface area is 543 Å². The number of rotatable bonds is 67. The third-order valence-electron chi connectivity index (χ3n) is 16.8. The summed E-state index contributed by atoms with van der Waals surface area (Å²) in [5, 5.41) is 10.6. The van der Waals surface area contributed by atoms with Gasteiger partial charge in [-0.05, 0) is 49.4 Å². The highest BCUT2D eigenvalue weighted by Crippen LogP contribution is 2.45. The van der Waals surface area contributed by atoms with E-state index in [9.17, 15) is 43.2 Å². The lowest BCUT2D eigenvalue weighted by Gasteiger charge is -2.21. The topological polar surface area (TPSA) is 237 Å². The summed E-state index contributed by atoms with van der Waals surface area (Å²) < 4.78 is 68.2. The Morgan fingerprint density at radius 1 is 0.315 bits per heavy atom. The van der Waals surface area contributed by atoms with E-state index in [1.807, 2.05) is 0 Å². The van der Waals surface area contributed by atoms with Crippen molar-refractivity contribution in [3.05, 3.63) is 0 Å². The third-order valence-corrected chi connectivity index (χ3v) is 18.7. The maximum Gasteiger partial charge on any atom is 0.472 e. The van der Waals surface area contributed by atoms with Gasteiger partial charge in [-0.25, -0.2) is 9.13 Å². The molecule has 0 amide bonds. The first-order chi connectivity index (χ1) is 42.7. The van der Waals surface area contributed by atoms with Gasteiger partial charge < -0.3 is 33.8 Å². The number of unbranched alkanes of at least 4 members (excludes halogenated alkanes) is 31. The van der Waals surface area contributed by atoms with Crippen molar-refractivity contribution in [1.29, 1.82) is 0 Å². The lowest BCUT2D eigenvalue weighted by molar-refractivity contribution is -0.161. The molecule has 0 rings (SSSR count). The van der Waals surface area contributed by atoms with Gasteiger partial charge in [-0.15, -0.1) is 0 Å². The zero-order chi connectivity index (χ0) is 66.1. The van der Waals surface area contributed by atoms with E-state index in [0.717, 1.165) is 120 Å². The number of aliphatic hydroxyl groups is 1. The van der Waals surface area contributed by atoms with Gasteiger partial charge in [-0.2, -0.15) is 0 Å². The van der Waals surface area contributed by atoms with Crippen LogP contribution in [0.4, 0.5) is 0 Å². The van der Waals surface area contributed by atoms with Crippen molar-refractivity contribution in [3.63, 3.8) is 0 Å². The average molecular weight is 1310 g/mol. The van der Waals surface area contributed by atoms with E-state index in [-0.39, 0.29) is 25.7 Å². The molecule has 0 aromatic heterocycles. The number of hydrogen-bond donors (Lipinski definition) is 3. The summed E-state index contributed by atoms with van der Waals surface area (Å²) in [4.78, 5) is 72.5. The number of ether oxygens (including phenoxy) is 4. The van der Waals surface area contributed by atoms with Gasteiger partial charge >= 0.3 is 39.5 Å². The van der Waals surface area contributed by atoms with Crippen LogP contribution in [0.5, 0.6) is 0 Å². The van der Waals surface area contributed by atoms with Gasteiger partial charge in [-0.1, -0.05) is 293 Å². The third kappa shape index (κ3) is 62.0. The molecule has 19 heteroatoms. The highest BCUT2D eigenvalue weighted by Gasteiger charge is 2.30. The lowest BCUT2D eigenvalue weighted by atomic mass is 9.99. The average Bonchev–Trinajstić information content (AvgIpc) is 3.71. The van der Waals surface area contributed by atoms with Gasteiger partial charge in [0, 0.05) is 25.7 Å². The fraction of sp³-hybridized carbons (Fsp3) is 0.943. The minimum atomic E-state index is -4.95. The summed E-state index contributed by atoms with van der Waals surface area (Å²) in [7, 11) is -9.90. The Morgan fingerprint density at radius 2 is 0.539 bits per heavy atom. The molecule has 0 radical (unpaired) electrons. The summed E-state index contributed by atoms with van der Waals surface area (Å²) in [5.41, 5.74) is 0. The quantitative estimate of drug-likeness (QED) is 0.0222. The number of esters is 4. The monoisotopic (exact) mass is 1310 g/mol. The first-order valence-corrected chi connectivity index (χ1v) is 39.3. The molecule has 7 atom stereocenters. The van der Waals surface area contributed by atoms with Gasteiger partial charge in [0.2, 0.25) is 0 Å². The standard InChI is InChI=1S/C70H136O17P2/c1-9-62(7)48-40-32-23-19-16-17-21-25-37-45-53-70(75)87-66(57-81-68(73)51-43-35-29-27-33-41-49-63(8)10-2)59-85-89(78,79)83-55-64(71)54-82-88(76,77)84-58-65(56-80-67(72)50-42-34-28-26-31-39-47-61(5)6)86-69(74)52-44-36-24-20-15-13-11-12-14-18-22-30-38-46-60(3)4/h60-66,71H,9-59H2,1-8H3,(H,76,77)(H,78,79)/t62?,63?,64-,65+,66+/m0/s1. The summed E-state index contributed by atoms with van der Waals surface area (Å²) in [6.07, 6.45) is 41.8. The smallest absolute Gasteiger partial charge is 0.462 e. The maximum absolute atomic E-state index is 13.0. The van der Waals surface area contributed by atoms with Gasteiger partial charge in [0.1, 0.15) is 19.3 Å². The van der Waals surface area contributed by atoms with Crippen LogP contribution in [0.15, 0.2) is 0 Å². The Bertz CT molecular complexity index is 1770. The fourth-order valence-electron chi connectivity index (χ4n) is 10.4. The zero-order valence-corrected chi connectivity index (χ0v) is 59.8. The first-order valence-electron chi connectivity index (χ1n) is 36.3. The van der Waals surface area contributed by atoms with E-state index >= 15 is 0 Å². The summed E-state index contributed by atoms with van der Waals surface area (Å²) >= 11 is 0. The molecule has 0 saturated carbocycles. The molecule has 0 aliphatic carbocycles. The molecule has 0 aromatic carbocycles. The molecule has 0 aliphatic heterocycles. The van der Waals surface area contributed by atoms with Crippen LogP contribution >= 0.6 is 15.6 Å². The lowest BCUT2D eigenvalue weighted by Crippen LogP contribution is -2.30. The summed E-state index contributed by atoms with van der Waals surface area (Å²) in [5.74, 6) is 0.868. The van der Waals surface area contributed by atoms with Crippen LogP contribution in [0.1, 0.15) is 344 Å². The first kappa shape index (κ1) is 87.1. The molecule has 0 aromatic rings. The van der Waals surface area contributed by atoms with E-state index in [2.05, 4.69) is 55.4 Å². The number of aliphatic hydroxyl groups excluding tert-OH is 1. The predicted octanol–water partition coefficient (Wildman–Crippen LogP) is 19.7. The molecular weight excluding hydrogens is 1170 g/mol. The number of carbonyl (C=O) groups is 4. The highest BCUT2D eigenvalue weighted by atomic mass is 31.2. The van der Waals surface area contributed by atoms with Gasteiger partial charge in [0.25, 0.3) is 0 Å². The second kappa shape index (κ2) is 59.8. The fourth-order valence-corrected chi connectivity index (χ4v) is 12.0. The SMILES string of the molecule is CCC(C)CCCCCCCCCCCCC(=O)O[C@H](COC(=O)CCCCCCCCC(C)CC)COP(=O)(O)OC[C@@H](O)COP(=O)(O)OC[C@@H](COC(=O)CCCCCCCCC(C)C)OC(=O)CCCCCCCCCCCCCCCC(C)C. The highest BCUT2D eigenvalue weighted by molar-refractivity contribution is 7.47. The van der Waals surface area contributed by atoms with Crippen LogP contribution in [-0.2, 0) is 65.4 Å². The van der Waals surface area contributed by atoms with Gasteiger partial charge in [0.05, 0.1) is 26.4 Å². The Balaban J connectivity index is 5.24. The Hall–Kier alpha value is -1.94. The predicted molar refractivity (Wildman–Crippen MR) is 358 cm³/mol. The van der Waals surface area contributed by atoms with Crippen molar-refractivity contribution in [2.45, 2.75) is 363 Å². The molecule has 528 valence electrons. The van der Waals surface area contributed by atoms with Crippen molar-refractivity contribution in [2.24, 2.45) is 23.7 Å². The van der Waals surface area contributed by atoms with Crippen molar-refractivity contribution in [1.82, 2.24) is 0 Å². The van der Waals surface area contributed by atoms with Crippen LogP contribution in [0.3, 0.4) is 0 Å². The van der Waals surface area contributed by atoms with Crippen molar-refractivity contribution < 1.29 is 80.2 Å². The number of phosphoric ester groups is 2. The molecule has 4 unspecified atom stereocenters. The van der Waals surface area contributed by atoms with Crippen LogP contribution in [0.2, 0.25) is 0 Å². The molecule has 0 bridgehead atoms. The molecule has 0 heterocycles. The van der Waals surface area contributed by atoms with Crippen LogP contribution in [0.25, 0.3) is 0 Å². The van der Waals surface area contributed by atoms with E-state index < -0.39 is 97.5 Å². The van der Waals surface area contributed by atoms with Crippen molar-refractivity contribution >= 4 is 39.5 Å². The Morgan fingerprint density at radius 3 is 0.798 bits per heavy atom. The maximum atomic E-state index is 13.0. The van der Waals surface area contributed by atoms with Gasteiger partial charge in [-0.3, -0.25) is 37.3 Å². The van der Waals surface area contributed by atoms with E-state index in [1.165, 1.54) is 135 Å².